The molecule has 0 spiro atoms. The van der Waals surface area contributed by atoms with E-state index in [-0.39, 0.29) is 23.7 Å². The molecule has 0 radical (unpaired) electrons. The van der Waals surface area contributed by atoms with E-state index >= 15 is 0 Å². The highest BCUT2D eigenvalue weighted by molar-refractivity contribution is 6.16. The SMILES string of the molecule is Cn1cc(OCCF)c(=O)cc1CCl. The number of alkyl halides is 2. The number of hydrogen-bond donors (Lipinski definition) is 0. The van der Waals surface area contributed by atoms with E-state index in [0.29, 0.717) is 5.69 Å². The summed E-state index contributed by atoms with van der Waals surface area (Å²) in [4.78, 5) is 11.3. The molecule has 0 aliphatic rings. The molecule has 0 bridgehead atoms. The number of halogens is 2. The number of ether oxygens (including phenoxy) is 1. The van der Waals surface area contributed by atoms with Crippen LogP contribution in [-0.4, -0.2) is 17.8 Å². The molecule has 0 aromatic carbocycles. The van der Waals surface area contributed by atoms with E-state index in [9.17, 15) is 9.18 Å². The zero-order valence-electron chi connectivity index (χ0n) is 7.80. The highest BCUT2D eigenvalue weighted by Crippen LogP contribution is 2.07. The van der Waals surface area contributed by atoms with E-state index in [1.54, 1.807) is 11.6 Å². The van der Waals surface area contributed by atoms with Crippen LogP contribution >= 0.6 is 11.6 Å². The molecule has 3 nitrogen and oxygen atoms in total. The molecule has 1 rings (SSSR count). The molecule has 1 aromatic rings. The summed E-state index contributed by atoms with van der Waals surface area (Å²) < 4.78 is 18.4. The second-order valence-corrected chi connectivity index (χ2v) is 3.04. The summed E-state index contributed by atoms with van der Waals surface area (Å²) in [6, 6.07) is 1.39. The summed E-state index contributed by atoms with van der Waals surface area (Å²) in [6.07, 6.45) is 1.51. The van der Waals surface area contributed by atoms with Gasteiger partial charge < -0.3 is 9.30 Å². The molecule has 0 amide bonds. The first-order valence-electron chi connectivity index (χ1n) is 4.13. The third-order valence-electron chi connectivity index (χ3n) is 1.78. The molecule has 0 atom stereocenters. The molecule has 5 heteroatoms. The van der Waals surface area contributed by atoms with Gasteiger partial charge in [-0.3, -0.25) is 4.79 Å². The molecule has 0 N–H and O–H groups in total. The number of pyridine rings is 1. The van der Waals surface area contributed by atoms with Gasteiger partial charge in [0.05, 0.1) is 12.1 Å². The van der Waals surface area contributed by atoms with E-state index in [1.165, 1.54) is 12.3 Å². The number of aromatic nitrogens is 1. The van der Waals surface area contributed by atoms with Crippen molar-refractivity contribution in [2.24, 2.45) is 7.05 Å². The third-order valence-corrected chi connectivity index (χ3v) is 2.05. The van der Waals surface area contributed by atoms with Crippen molar-refractivity contribution in [3.05, 3.63) is 28.2 Å². The summed E-state index contributed by atoms with van der Waals surface area (Å²) in [5, 5.41) is 0. The van der Waals surface area contributed by atoms with Gasteiger partial charge in [0.15, 0.2) is 5.75 Å². The second kappa shape index (κ2) is 5.00. The highest BCUT2D eigenvalue weighted by atomic mass is 35.5. The first-order chi connectivity index (χ1) is 6.69. The van der Waals surface area contributed by atoms with E-state index in [2.05, 4.69) is 0 Å². The first kappa shape index (κ1) is 11.0. The molecule has 78 valence electrons. The van der Waals surface area contributed by atoms with E-state index in [0.717, 1.165) is 0 Å². The molecule has 0 unspecified atom stereocenters. The van der Waals surface area contributed by atoms with Crippen LogP contribution in [0.3, 0.4) is 0 Å². The summed E-state index contributed by atoms with van der Waals surface area (Å²) >= 11 is 5.60. The Kier molecular flexibility index (Phi) is 3.95. The minimum absolute atomic E-state index is 0.102. The Labute approximate surface area is 86.1 Å². The summed E-state index contributed by atoms with van der Waals surface area (Å²) in [5.74, 6) is 0.411. The maximum atomic E-state index is 11.8. The van der Waals surface area contributed by atoms with Crippen molar-refractivity contribution < 1.29 is 9.13 Å². The fraction of sp³-hybridized carbons (Fsp3) is 0.444. The molecular weight excluding hydrogens is 209 g/mol. The van der Waals surface area contributed by atoms with Gasteiger partial charge in [-0.15, -0.1) is 11.6 Å². The fourth-order valence-corrected chi connectivity index (χ4v) is 1.30. The number of rotatable bonds is 4. The van der Waals surface area contributed by atoms with Crippen LogP contribution in [0.5, 0.6) is 5.75 Å². The van der Waals surface area contributed by atoms with Crippen LogP contribution in [0.15, 0.2) is 17.1 Å². The van der Waals surface area contributed by atoms with Crippen LogP contribution < -0.4 is 10.2 Å². The van der Waals surface area contributed by atoms with Crippen molar-refractivity contribution in [3.8, 4) is 5.75 Å². The number of aryl methyl sites for hydroxylation is 1. The van der Waals surface area contributed by atoms with Crippen molar-refractivity contribution in [2.45, 2.75) is 5.88 Å². The lowest BCUT2D eigenvalue weighted by atomic mass is 10.3. The van der Waals surface area contributed by atoms with Gasteiger partial charge in [0.1, 0.15) is 13.3 Å². The zero-order valence-corrected chi connectivity index (χ0v) is 8.55. The smallest absolute Gasteiger partial charge is 0.223 e. The maximum absolute atomic E-state index is 11.8. The quantitative estimate of drug-likeness (QED) is 0.719. The van der Waals surface area contributed by atoms with Crippen LogP contribution in [0.25, 0.3) is 0 Å². The lowest BCUT2D eigenvalue weighted by molar-refractivity contribution is 0.269. The van der Waals surface area contributed by atoms with Crippen LogP contribution in [0.4, 0.5) is 4.39 Å². The predicted octanol–water partition coefficient (Wildman–Crippen LogP) is 1.47. The standard InChI is InChI=1S/C9H11ClFNO2/c1-12-6-9(14-3-2-11)8(13)4-7(12)5-10/h4,6H,2-3,5H2,1H3. The van der Waals surface area contributed by atoms with Crippen LogP contribution in [0.2, 0.25) is 0 Å². The van der Waals surface area contributed by atoms with E-state index in [4.69, 9.17) is 16.3 Å². The van der Waals surface area contributed by atoms with Crippen molar-refractivity contribution in [1.29, 1.82) is 0 Å². The van der Waals surface area contributed by atoms with Gasteiger partial charge in [-0.1, -0.05) is 0 Å². The average molecular weight is 220 g/mol. The minimum Gasteiger partial charge on any atom is -0.485 e. The third kappa shape index (κ3) is 2.48. The average Bonchev–Trinajstić information content (AvgIpc) is 2.18. The number of hydrogen-bond acceptors (Lipinski definition) is 2. The normalized spacial score (nSPS) is 10.2. The maximum Gasteiger partial charge on any atom is 0.223 e. The van der Waals surface area contributed by atoms with Crippen molar-refractivity contribution >= 4 is 11.6 Å². The van der Waals surface area contributed by atoms with Gasteiger partial charge in [-0.25, -0.2) is 4.39 Å². The molecule has 0 fully saturated rings. The number of nitrogens with zero attached hydrogens (tertiary/aromatic N) is 1. The molecule has 1 aromatic heterocycles. The van der Waals surface area contributed by atoms with Crippen molar-refractivity contribution in [3.63, 3.8) is 0 Å². The molecule has 0 aliphatic carbocycles. The Hall–Kier alpha value is -1.03. The predicted molar refractivity (Wildman–Crippen MR) is 52.7 cm³/mol. The second-order valence-electron chi connectivity index (χ2n) is 2.78. The molecule has 14 heavy (non-hydrogen) atoms. The van der Waals surface area contributed by atoms with Gasteiger partial charge >= 0.3 is 0 Å². The minimum atomic E-state index is -0.611. The van der Waals surface area contributed by atoms with Crippen molar-refractivity contribution in [2.75, 3.05) is 13.3 Å². The van der Waals surface area contributed by atoms with Crippen molar-refractivity contribution in [1.82, 2.24) is 4.57 Å². The first-order valence-corrected chi connectivity index (χ1v) is 4.66. The molecular formula is C9H11ClFNO2. The Morgan fingerprint density at radius 2 is 2.36 bits per heavy atom. The topological polar surface area (TPSA) is 31.2 Å². The van der Waals surface area contributed by atoms with Gasteiger partial charge in [0.25, 0.3) is 0 Å². The van der Waals surface area contributed by atoms with Crippen LogP contribution in [0.1, 0.15) is 5.69 Å². The highest BCUT2D eigenvalue weighted by Gasteiger charge is 2.04. The Balaban J connectivity index is 2.97. The zero-order chi connectivity index (χ0) is 10.6. The van der Waals surface area contributed by atoms with E-state index < -0.39 is 6.67 Å². The lowest BCUT2D eigenvalue weighted by Gasteiger charge is -2.08. The Bertz CT molecular complexity index is 364. The monoisotopic (exact) mass is 219 g/mol. The summed E-state index contributed by atoms with van der Waals surface area (Å²) in [5.41, 5.74) is 0.427. The Morgan fingerprint density at radius 1 is 1.64 bits per heavy atom. The van der Waals surface area contributed by atoms with Gasteiger partial charge in [-0.05, 0) is 0 Å². The summed E-state index contributed by atoms with van der Waals surface area (Å²) in [7, 11) is 1.75. The molecule has 0 aliphatic heterocycles. The Morgan fingerprint density at radius 3 is 2.93 bits per heavy atom. The molecule has 1 heterocycles. The van der Waals surface area contributed by atoms with Crippen LogP contribution in [0, 0.1) is 0 Å². The summed E-state index contributed by atoms with van der Waals surface area (Å²) in [6.45, 7) is -0.712. The van der Waals surface area contributed by atoms with E-state index in [1.807, 2.05) is 0 Å². The largest absolute Gasteiger partial charge is 0.485 e. The van der Waals surface area contributed by atoms with Gasteiger partial charge in [0, 0.05) is 18.8 Å². The lowest BCUT2D eigenvalue weighted by Crippen LogP contribution is -2.14. The molecule has 0 saturated carbocycles. The van der Waals surface area contributed by atoms with Crippen LogP contribution in [-0.2, 0) is 12.9 Å². The molecule has 0 saturated heterocycles. The van der Waals surface area contributed by atoms with Gasteiger partial charge in [0.2, 0.25) is 5.43 Å². The van der Waals surface area contributed by atoms with Gasteiger partial charge in [-0.2, -0.15) is 0 Å². The fourth-order valence-electron chi connectivity index (χ4n) is 1.04.